The summed E-state index contributed by atoms with van der Waals surface area (Å²) in [5.41, 5.74) is 2.84. The Kier molecular flexibility index (Phi) is 14.1. The van der Waals surface area contributed by atoms with Gasteiger partial charge in [-0.3, -0.25) is 24.1 Å². The third-order valence-corrected chi connectivity index (χ3v) is 14.6. The molecule has 3 atom stereocenters. The van der Waals surface area contributed by atoms with Gasteiger partial charge in [-0.15, -0.1) is 23.1 Å². The number of nitrogens with zero attached hydrogens (tertiary/aromatic N) is 5. The number of thioether (sulfide) groups is 1. The molecule has 19 nitrogen and oxygen atoms in total. The van der Waals surface area contributed by atoms with E-state index in [1.54, 1.807) is 11.5 Å². The third-order valence-electron chi connectivity index (χ3n) is 12.1. The van der Waals surface area contributed by atoms with Crippen LogP contribution >= 0.6 is 34.7 Å². The van der Waals surface area contributed by atoms with E-state index in [4.69, 9.17) is 22.2 Å². The predicted octanol–water partition coefficient (Wildman–Crippen LogP) is -2.76. The van der Waals surface area contributed by atoms with Gasteiger partial charge in [-0.2, -0.15) is 0 Å². The van der Waals surface area contributed by atoms with Crippen molar-refractivity contribution in [1.82, 2.24) is 25.1 Å². The average molecular weight is 925 g/mol. The number of nitrogen functional groups attached to an aromatic ring is 1. The maximum atomic E-state index is 13.6. The number of aromatic hydroxyl groups is 2. The number of rotatable bonds is 13. The first-order chi connectivity index (χ1) is 28.2. The van der Waals surface area contributed by atoms with E-state index in [0.717, 1.165) is 16.2 Å². The molecule has 62 heavy (non-hydrogen) atoms. The number of phenols is 2. The molecule has 0 spiro atoms. The van der Waals surface area contributed by atoms with Crippen molar-refractivity contribution < 1.29 is 83.3 Å². The number of pyridine rings is 1. The number of anilines is 1. The largest absolute Gasteiger partial charge is 1.00 e. The SMILES string of the molecule is C.CCn1cc(C(=O)NCC23CC[N+](CC4=C(C(=O)[O-])N5C(=O)[C@@H](NC(=O)/C(=N\OC(C)(C)C(=O)[O-])c6csc(N)n6)[C@H]5S[C@H]4C)(CC2)CC3)c(=O)c2c(Cl)c(O)c(O)cc21.[Na+]. The average Bonchev–Trinajstić information content (AvgIpc) is 3.64. The van der Waals surface area contributed by atoms with Gasteiger partial charge in [0.05, 0.1) is 53.2 Å². The van der Waals surface area contributed by atoms with Gasteiger partial charge in [0.25, 0.3) is 17.7 Å². The fraction of sp³-hybridized carbons (Fsp3) is 0.487. The predicted molar refractivity (Wildman–Crippen MR) is 222 cm³/mol. The molecule has 0 aliphatic carbocycles. The normalized spacial score (nSPS) is 24.3. The summed E-state index contributed by atoms with van der Waals surface area (Å²) in [5.74, 6) is -6.45. The molecule has 8 rings (SSSR count). The maximum Gasteiger partial charge on any atom is 1.00 e. The Morgan fingerprint density at radius 1 is 1.16 bits per heavy atom. The van der Waals surface area contributed by atoms with Gasteiger partial charge in [0.1, 0.15) is 29.2 Å². The van der Waals surface area contributed by atoms with Crippen molar-refractivity contribution >= 4 is 86.1 Å². The van der Waals surface area contributed by atoms with Crippen LogP contribution in [0.3, 0.4) is 0 Å². The number of carbonyl (C=O) groups excluding carboxylic acids is 5. The standard InChI is InChI=1S/C38H43ClN8O11S2.CH4.Na/c1-5-45-13-18(28(49)23-21(45)12-22(48)29(50)24(23)39)30(51)41-16-38-6-9-47(10-7-38,11-8-38)14-19-17(2)60-33-26(32(53)46(33)27(19)34(54)55)43-31(52)25(20-15-59-36(40)42-20)44-58-37(3,4)35(56)57;;/h12-13,15,17,26,33H,5-11,14,16H2,1-4H3,(H7-,40,41,42,43,44,48,49,50,51,52,54,55,56,57);1H4;/q;;+1/p-1/t17-,26+,33+,38?,47?;;/m0../s1. The van der Waals surface area contributed by atoms with Crippen LogP contribution in [0.15, 0.2) is 38.9 Å². The van der Waals surface area contributed by atoms with Crippen LogP contribution in [0.25, 0.3) is 10.9 Å². The summed E-state index contributed by atoms with van der Waals surface area (Å²) in [6, 6.07) is 0.0613. The minimum absolute atomic E-state index is 0. The second-order valence-corrected chi connectivity index (χ2v) is 18.8. The first-order valence-corrected chi connectivity index (χ1v) is 21.3. The number of β-lactam (4-membered cyclic amide) rings is 1. The molecule has 23 heteroatoms. The number of halogens is 1. The van der Waals surface area contributed by atoms with Crippen LogP contribution in [0.2, 0.25) is 5.02 Å². The zero-order valence-electron chi connectivity index (χ0n) is 33.9. The Morgan fingerprint density at radius 3 is 2.37 bits per heavy atom. The van der Waals surface area contributed by atoms with Crippen LogP contribution in [0.1, 0.15) is 70.4 Å². The first-order valence-electron chi connectivity index (χ1n) is 19.1. The first kappa shape index (κ1) is 48.6. The number of aliphatic carboxylic acids is 2. The number of thiazole rings is 1. The molecular weight excluding hydrogens is 879 g/mol. The fourth-order valence-corrected chi connectivity index (χ4v) is 10.6. The van der Waals surface area contributed by atoms with Crippen LogP contribution in [0.4, 0.5) is 5.13 Å². The molecule has 328 valence electrons. The number of hydrogen-bond acceptors (Lipinski definition) is 16. The van der Waals surface area contributed by atoms with Crippen LogP contribution in [0, 0.1) is 5.41 Å². The van der Waals surface area contributed by atoms with Crippen LogP contribution in [-0.4, -0.2) is 120 Å². The molecule has 5 aliphatic heterocycles. The maximum absolute atomic E-state index is 13.6. The van der Waals surface area contributed by atoms with E-state index in [-0.39, 0.29) is 85.7 Å². The third kappa shape index (κ3) is 8.64. The number of aryl methyl sites for hydroxylation is 1. The summed E-state index contributed by atoms with van der Waals surface area (Å²) < 4.78 is 2.17. The number of quaternary nitrogens is 1. The van der Waals surface area contributed by atoms with Crippen molar-refractivity contribution in [1.29, 1.82) is 0 Å². The summed E-state index contributed by atoms with van der Waals surface area (Å²) in [6.45, 7) is 8.98. The Balaban J connectivity index is 0.00000363. The van der Waals surface area contributed by atoms with Crippen molar-refractivity contribution in [3.05, 3.63) is 55.4 Å². The number of carbonyl (C=O) groups is 5. The number of phenolic OH excluding ortho intramolecular Hbond substituents is 2. The van der Waals surface area contributed by atoms with E-state index in [9.17, 15) is 49.2 Å². The molecule has 6 N–H and O–H groups in total. The Labute approximate surface area is 391 Å². The van der Waals surface area contributed by atoms with E-state index in [1.165, 1.54) is 43.3 Å². The number of fused-ring (bicyclic) bond motifs is 5. The number of nitrogens with two attached hydrogens (primary N) is 1. The molecule has 0 radical (unpaired) electrons. The minimum Gasteiger partial charge on any atom is -0.546 e. The number of aromatic nitrogens is 2. The van der Waals surface area contributed by atoms with E-state index < -0.39 is 69.3 Å². The van der Waals surface area contributed by atoms with Gasteiger partial charge in [0.15, 0.2) is 27.9 Å². The summed E-state index contributed by atoms with van der Waals surface area (Å²) in [7, 11) is 0. The molecule has 0 unspecified atom stereocenters. The molecule has 5 aliphatic rings. The number of carboxylic acids is 2. The van der Waals surface area contributed by atoms with Gasteiger partial charge in [-0.25, -0.2) is 4.98 Å². The molecule has 4 fully saturated rings. The number of oxime groups is 1. The van der Waals surface area contributed by atoms with Crippen LogP contribution < -0.4 is 61.6 Å². The zero-order chi connectivity index (χ0) is 43.6. The molecule has 7 heterocycles. The Bertz CT molecular complexity index is 2470. The number of carboxylic acid groups (broad SMARTS) is 2. The Morgan fingerprint density at radius 2 is 1.81 bits per heavy atom. The smallest absolute Gasteiger partial charge is 0.546 e. The second kappa shape index (κ2) is 18.0. The molecule has 0 saturated carbocycles. The molecular formula is C39H46ClN8NaO11S2. The van der Waals surface area contributed by atoms with Crippen LogP contribution in [-0.2, 0) is 30.6 Å². The topological polar surface area (TPSA) is 282 Å². The summed E-state index contributed by atoms with van der Waals surface area (Å²) in [5, 5.41) is 53.7. The fourth-order valence-electron chi connectivity index (χ4n) is 8.31. The van der Waals surface area contributed by atoms with Gasteiger partial charge in [0.2, 0.25) is 5.43 Å². The van der Waals surface area contributed by atoms with Gasteiger partial charge < -0.3 is 60.3 Å². The number of piperidine rings is 3. The molecule has 1 aromatic carbocycles. The Hall–Kier alpha value is -4.38. The number of benzene rings is 1. The van der Waals surface area contributed by atoms with Crippen molar-refractivity contribution in [2.75, 3.05) is 38.5 Å². The quantitative estimate of drug-likeness (QED) is 0.0290. The molecule has 3 amide bonds. The van der Waals surface area contributed by atoms with Gasteiger partial charge >= 0.3 is 29.6 Å². The number of hydrogen-bond donors (Lipinski definition) is 5. The van der Waals surface area contributed by atoms with Crippen molar-refractivity contribution in [3.8, 4) is 11.5 Å². The van der Waals surface area contributed by atoms with Crippen molar-refractivity contribution in [2.24, 2.45) is 10.6 Å². The van der Waals surface area contributed by atoms with Gasteiger partial charge in [-0.1, -0.05) is 24.2 Å². The van der Waals surface area contributed by atoms with Crippen molar-refractivity contribution in [3.63, 3.8) is 0 Å². The number of nitrogens with one attached hydrogen (secondary N) is 2. The number of amides is 3. The molecule has 2 aromatic heterocycles. The zero-order valence-corrected chi connectivity index (χ0v) is 38.3. The molecule has 4 saturated heterocycles. The summed E-state index contributed by atoms with van der Waals surface area (Å²) in [4.78, 5) is 88.7. The summed E-state index contributed by atoms with van der Waals surface area (Å²) >= 11 is 8.56. The summed E-state index contributed by atoms with van der Waals surface area (Å²) in [6.07, 6.45) is 3.52. The van der Waals surface area contributed by atoms with E-state index in [0.29, 0.717) is 68.6 Å². The van der Waals surface area contributed by atoms with E-state index in [1.807, 2.05) is 6.92 Å². The van der Waals surface area contributed by atoms with E-state index >= 15 is 0 Å². The second-order valence-electron chi connectivity index (χ2n) is 16.1. The molecule has 2 bridgehead atoms. The van der Waals surface area contributed by atoms with Gasteiger partial charge in [-0.05, 0) is 27.7 Å². The van der Waals surface area contributed by atoms with E-state index in [2.05, 4.69) is 20.8 Å². The van der Waals surface area contributed by atoms with Crippen LogP contribution in [0.5, 0.6) is 11.5 Å². The molecule has 3 aromatic rings. The van der Waals surface area contributed by atoms with Gasteiger partial charge in [0, 0.05) is 66.2 Å². The monoisotopic (exact) mass is 924 g/mol. The van der Waals surface area contributed by atoms with Crippen molar-refractivity contribution in [2.45, 2.75) is 83.2 Å². The minimum atomic E-state index is -1.92.